The number of pyridine rings is 5. The molecular weight excluding hydrogens is 1580 g/mol. The van der Waals surface area contributed by atoms with Crippen molar-refractivity contribution in [1.29, 1.82) is 5.26 Å². The predicted molar refractivity (Wildman–Crippen MR) is 441 cm³/mol. The molecule has 117 heavy (non-hydrogen) atoms. The Morgan fingerprint density at radius 2 is 0.761 bits per heavy atom. The monoisotopic (exact) mass is 1670 g/mol. The van der Waals surface area contributed by atoms with Crippen LogP contribution >= 0.6 is 27.5 Å². The van der Waals surface area contributed by atoms with Crippen molar-refractivity contribution in [2.24, 2.45) is 0 Å². The van der Waals surface area contributed by atoms with Crippen LogP contribution in [0.3, 0.4) is 0 Å². The van der Waals surface area contributed by atoms with Gasteiger partial charge in [-0.15, -0.1) is 0 Å². The lowest BCUT2D eigenvalue weighted by atomic mass is 9.97. The Hall–Kier alpha value is -9.52. The van der Waals surface area contributed by atoms with E-state index in [1.165, 1.54) is 11.1 Å². The molecule has 8 aliphatic rings. The summed E-state index contributed by atoms with van der Waals surface area (Å²) < 4.78 is 47.4. The minimum Gasteiger partial charge on any atom is -0.487 e. The fourth-order valence-electron chi connectivity index (χ4n) is 18.4. The van der Waals surface area contributed by atoms with Gasteiger partial charge in [0.2, 0.25) is 0 Å². The van der Waals surface area contributed by atoms with E-state index in [1.807, 2.05) is 138 Å². The molecule has 0 amide bonds. The minimum atomic E-state index is -1.06. The highest BCUT2D eigenvalue weighted by molar-refractivity contribution is 9.10. The van der Waals surface area contributed by atoms with Crippen LogP contribution in [0.4, 0.5) is 4.39 Å². The quantitative estimate of drug-likeness (QED) is 0.0542. The molecule has 12 aromatic rings. The summed E-state index contributed by atoms with van der Waals surface area (Å²) in [5.41, 5.74) is 16.3. The van der Waals surface area contributed by atoms with Crippen molar-refractivity contribution in [3.05, 3.63) is 228 Å². The number of nitriles is 1. The van der Waals surface area contributed by atoms with E-state index < -0.39 is 73.2 Å². The van der Waals surface area contributed by atoms with Crippen molar-refractivity contribution in [3.63, 3.8) is 0 Å². The van der Waals surface area contributed by atoms with Crippen molar-refractivity contribution in [2.45, 2.75) is 203 Å². The summed E-state index contributed by atoms with van der Waals surface area (Å²) in [4.78, 5) is 22.2. The number of nitrogens with one attached hydrogen (secondary N) is 4. The van der Waals surface area contributed by atoms with Crippen LogP contribution in [0.5, 0.6) is 23.0 Å². The number of benzene rings is 3. The first-order valence-corrected chi connectivity index (χ1v) is 41.3. The van der Waals surface area contributed by atoms with Gasteiger partial charge in [0.25, 0.3) is 0 Å². The predicted octanol–water partition coefficient (Wildman–Crippen LogP) is 9.24. The normalized spacial score (nSPS) is 26.4. The second-order valence-corrected chi connectivity index (χ2v) is 33.3. The van der Waals surface area contributed by atoms with Gasteiger partial charge in [-0.25, -0.2) is 24.3 Å². The summed E-state index contributed by atoms with van der Waals surface area (Å²) in [6.45, 7) is 14.1. The molecule has 9 aromatic heterocycles. The number of aliphatic hydroxyl groups is 8. The summed E-state index contributed by atoms with van der Waals surface area (Å²) in [5.74, 6) is 2.26. The summed E-state index contributed by atoms with van der Waals surface area (Å²) >= 11 is 9.58. The first-order chi connectivity index (χ1) is 56.7. The fourth-order valence-corrected chi connectivity index (χ4v) is 19.1. The SMILES string of the molecule is Cc1ccnc2c1ccn2[C@@H]1C[C@H](Oc2cc(Br)c(F)c3c2CNCC3)[C@@H](O)[C@H]1O.Cc1ccnc2c1ccn2[C@@H]1C[C@H](Oc2cc(C#N)cc3c2CNCC3)[C@@H](O)[C@H]1O.Cc1ccnc2c1ccn2[C@@H]1C[C@H](Oc2cc(Cl)cc3c2CNCC3)[C@@H](O)[C@H]1O.Cc1ccnc2c1ccn2[C@@H]1C[C@H](Oc2cncc3c2CNCC3)[C@@H](O)[C@H]1O. The Morgan fingerprint density at radius 3 is 1.16 bits per heavy atom. The molecule has 4 fully saturated rings. The fraction of sp³-hybridized carbons (Fsp3) is 0.409. The smallest absolute Gasteiger partial charge is 0.142 e. The van der Waals surface area contributed by atoms with E-state index in [0.29, 0.717) is 102 Å². The van der Waals surface area contributed by atoms with Crippen molar-refractivity contribution in [3.8, 4) is 29.1 Å². The molecule has 4 aliphatic heterocycles. The molecule has 0 bridgehead atoms. The summed E-state index contributed by atoms with van der Waals surface area (Å²) in [5, 5.41) is 113. The Balaban J connectivity index is 0.000000112. The number of aliphatic hydroxyl groups excluding tert-OH is 8. The molecule has 13 heterocycles. The van der Waals surface area contributed by atoms with Crippen LogP contribution in [-0.2, 0) is 51.9 Å². The maximum Gasteiger partial charge on any atom is 0.142 e. The summed E-state index contributed by atoms with van der Waals surface area (Å²) in [6, 6.07) is 25.7. The van der Waals surface area contributed by atoms with Crippen LogP contribution in [0.15, 0.2) is 145 Å². The molecule has 4 aliphatic carbocycles. The van der Waals surface area contributed by atoms with E-state index in [4.69, 9.17) is 30.5 Å². The molecule has 0 spiro atoms. The second-order valence-electron chi connectivity index (χ2n) is 32.0. The van der Waals surface area contributed by atoms with Gasteiger partial charge in [-0.1, -0.05) is 11.6 Å². The molecule has 29 heteroatoms. The lowest BCUT2D eigenvalue weighted by Crippen LogP contribution is -2.35. The van der Waals surface area contributed by atoms with Crippen LogP contribution in [-0.4, -0.2) is 183 Å². The lowest BCUT2D eigenvalue weighted by molar-refractivity contribution is -0.0167. The maximum absolute atomic E-state index is 14.5. The molecule has 610 valence electrons. The van der Waals surface area contributed by atoms with Gasteiger partial charge in [0.1, 0.15) is 125 Å². The minimum absolute atomic E-state index is 0.260. The van der Waals surface area contributed by atoms with Crippen LogP contribution in [0.2, 0.25) is 5.02 Å². The van der Waals surface area contributed by atoms with Crippen molar-refractivity contribution >= 4 is 71.7 Å². The molecule has 0 unspecified atom stereocenters. The van der Waals surface area contributed by atoms with Crippen LogP contribution in [0.1, 0.15) is 122 Å². The third-order valence-corrected chi connectivity index (χ3v) is 25.7. The highest BCUT2D eigenvalue weighted by Gasteiger charge is 2.49. The Labute approximate surface area is 688 Å². The van der Waals surface area contributed by atoms with Crippen LogP contribution < -0.4 is 40.2 Å². The first kappa shape index (κ1) is 79.9. The van der Waals surface area contributed by atoms with E-state index in [2.05, 4.69) is 68.2 Å². The number of halogens is 3. The summed E-state index contributed by atoms with van der Waals surface area (Å²) in [6.07, 6.45) is 13.3. The number of aryl methyl sites for hydroxylation is 4. The third kappa shape index (κ3) is 15.4. The Morgan fingerprint density at radius 1 is 0.419 bits per heavy atom. The molecule has 4 saturated carbocycles. The van der Waals surface area contributed by atoms with Gasteiger partial charge in [-0.05, 0) is 219 Å². The maximum atomic E-state index is 14.5. The zero-order chi connectivity index (χ0) is 81.2. The van der Waals surface area contributed by atoms with E-state index in [9.17, 15) is 50.5 Å². The van der Waals surface area contributed by atoms with E-state index in [-0.39, 0.29) is 30.0 Å². The number of hydrogen-bond acceptors (Lipinski definition) is 22. The highest BCUT2D eigenvalue weighted by atomic mass is 79.9. The van der Waals surface area contributed by atoms with Gasteiger partial charge in [0, 0.05) is 156 Å². The molecule has 16 atom stereocenters. The summed E-state index contributed by atoms with van der Waals surface area (Å²) in [7, 11) is 0. The lowest BCUT2D eigenvalue weighted by Gasteiger charge is -2.25. The number of hydrogen-bond donors (Lipinski definition) is 12. The van der Waals surface area contributed by atoms with Crippen molar-refractivity contribution < 1.29 is 64.2 Å². The number of rotatable bonds is 12. The van der Waals surface area contributed by atoms with Crippen molar-refractivity contribution in [2.75, 3.05) is 26.2 Å². The molecule has 0 radical (unpaired) electrons. The standard InChI is InChI=1S/C23H24N4O3.C22H23BrFN3O3.C22H24ClN3O3.C21H24N4O3/c1-13-2-6-26-23-16(13)4-7-27(23)18-10-20(22(29)21(18)28)30-19-9-14(11-24)8-15-3-5-25-12-17(15)19;1-11-2-6-26-22-12(11)4-7-27(22)16-9-18(21(29)20(16)28)30-17-8-15(23)19(24)13-3-5-25-10-14(13)17;1-12-2-6-25-22-15(12)4-7-26(22)17-10-19(21(28)20(17)27)29-18-9-14(23)8-13-3-5-24-11-16(13)18;1-12-2-6-24-21-14(12)4-7-25(21)16-8-17(20(27)19(16)26)28-18-11-23-9-13-3-5-22-10-15(13)18/h2,4,6-9,18,20-22,25,28-29H,3,5,10,12H2,1H3;2,4,6-8,16,18,20-21,25,28-29H,3,5,9-10H2,1H3;2,4,6-9,17,19-21,24,27-28H,3,5,10-11H2,1H3;2,4,6-7,9,11,16-17,19-20,22,26-27H,3,5,8,10H2,1H3/t18-,20+,21+,22-;16-,18+,20+,21-;17-,19+,20+,21-;16-,17+,19+,20-/m1111/s1. The molecule has 12 N–H and O–H groups in total. The Bertz CT molecular complexity index is 5740. The number of nitrogens with zero attached hydrogens (tertiary/aromatic N) is 10. The molecule has 20 rings (SSSR count). The van der Waals surface area contributed by atoms with Gasteiger partial charge >= 0.3 is 0 Å². The number of fused-ring (bicyclic) bond motifs is 8. The van der Waals surface area contributed by atoms with Crippen LogP contribution in [0.25, 0.3) is 44.1 Å². The Kier molecular flexibility index (Phi) is 23.0. The zero-order valence-corrected chi connectivity index (χ0v) is 67.5. The average Bonchev–Trinajstić information content (AvgIpc) is 1.64. The average molecular weight is 1680 g/mol. The van der Waals surface area contributed by atoms with Gasteiger partial charge in [0.15, 0.2) is 0 Å². The molecular formula is C88H95BrClFN14O12. The number of aromatic nitrogens is 9. The molecule has 3 aromatic carbocycles. The van der Waals surface area contributed by atoms with Gasteiger partial charge in [0.05, 0.1) is 46.5 Å². The van der Waals surface area contributed by atoms with Gasteiger partial charge in [-0.3, -0.25) is 4.98 Å². The number of ether oxygens (including phenoxy) is 4. The van der Waals surface area contributed by atoms with Crippen LogP contribution in [0, 0.1) is 44.8 Å². The van der Waals surface area contributed by atoms with Gasteiger partial charge in [-0.2, -0.15) is 5.26 Å². The topological polar surface area (TPSA) is 355 Å². The first-order valence-electron chi connectivity index (χ1n) is 40.1. The van der Waals surface area contributed by atoms with E-state index >= 15 is 0 Å². The highest BCUT2D eigenvalue weighted by Crippen LogP contribution is 2.45. The third-order valence-electron chi connectivity index (χ3n) is 24.9. The van der Waals surface area contributed by atoms with E-state index in [1.54, 1.807) is 49.2 Å². The van der Waals surface area contributed by atoms with Gasteiger partial charge < -0.3 is 99.3 Å². The zero-order valence-electron chi connectivity index (χ0n) is 65.1. The van der Waals surface area contributed by atoms with Crippen molar-refractivity contribution in [1.82, 2.24) is 64.5 Å². The molecule has 0 saturated heterocycles. The second kappa shape index (κ2) is 33.7. The largest absolute Gasteiger partial charge is 0.487 e. The molecule has 26 nitrogen and oxygen atoms in total. The van der Waals surface area contributed by atoms with E-state index in [0.717, 1.165) is 140 Å².